The van der Waals surface area contributed by atoms with Crippen LogP contribution in [0.5, 0.6) is 0 Å². The number of guanidine groups is 1. The normalized spacial score (nSPS) is 11.8. The first-order valence-corrected chi connectivity index (χ1v) is 9.13. The molecule has 8 nitrogen and oxygen atoms in total. The summed E-state index contributed by atoms with van der Waals surface area (Å²) in [5.41, 5.74) is 1.05. The molecule has 1 N–H and O–H groups in total. The number of hydrogen-bond donors (Lipinski definition) is 1. The standard InChI is InChI=1S/C16H27N7OS/c1-12-20-21-15(23(12)4)9-18-16(17-7-6-8-24-5)22(3)10-14-11-25-13(2)19-14/h11H,6-10H2,1-5H3,(H,17,18). The molecule has 9 heteroatoms. The predicted molar refractivity (Wildman–Crippen MR) is 99.7 cm³/mol. The summed E-state index contributed by atoms with van der Waals surface area (Å²) in [6, 6.07) is 0. The van der Waals surface area contributed by atoms with Gasteiger partial charge in [0.2, 0.25) is 0 Å². The Morgan fingerprint density at radius 3 is 2.80 bits per heavy atom. The van der Waals surface area contributed by atoms with E-state index in [1.165, 1.54) is 0 Å². The molecule has 0 saturated heterocycles. The van der Waals surface area contributed by atoms with Crippen LogP contribution >= 0.6 is 11.3 Å². The number of rotatable bonds is 8. The highest BCUT2D eigenvalue weighted by molar-refractivity contribution is 7.09. The third kappa shape index (κ3) is 5.79. The van der Waals surface area contributed by atoms with Crippen LogP contribution in [-0.4, -0.2) is 57.9 Å². The molecule has 2 rings (SSSR count). The molecule has 0 aromatic carbocycles. The zero-order valence-corrected chi connectivity index (χ0v) is 16.4. The summed E-state index contributed by atoms with van der Waals surface area (Å²) < 4.78 is 7.06. The molecule has 2 heterocycles. The fraction of sp³-hybridized carbons (Fsp3) is 0.625. The van der Waals surface area contributed by atoms with E-state index in [2.05, 4.69) is 30.8 Å². The molecule has 0 fully saturated rings. The van der Waals surface area contributed by atoms with Crippen LogP contribution in [0.15, 0.2) is 10.4 Å². The minimum Gasteiger partial charge on any atom is -0.385 e. The Morgan fingerprint density at radius 2 is 2.20 bits per heavy atom. The first kappa shape index (κ1) is 19.3. The third-order valence-corrected chi connectivity index (χ3v) is 4.61. The van der Waals surface area contributed by atoms with Crippen LogP contribution in [0.2, 0.25) is 0 Å². The second-order valence-electron chi connectivity index (χ2n) is 5.85. The number of aliphatic imine (C=N–C) groups is 1. The Hall–Kier alpha value is -2.00. The lowest BCUT2D eigenvalue weighted by Crippen LogP contribution is -2.39. The van der Waals surface area contributed by atoms with E-state index in [9.17, 15) is 0 Å². The zero-order valence-electron chi connectivity index (χ0n) is 15.6. The first-order valence-electron chi connectivity index (χ1n) is 8.25. The summed E-state index contributed by atoms with van der Waals surface area (Å²) in [6.07, 6.45) is 0.919. The Bertz CT molecular complexity index is 694. The van der Waals surface area contributed by atoms with Crippen molar-refractivity contribution in [2.75, 3.05) is 27.3 Å². The van der Waals surface area contributed by atoms with E-state index >= 15 is 0 Å². The second kappa shape index (κ2) is 9.47. The molecule has 0 aliphatic carbocycles. The molecule has 2 aromatic heterocycles. The fourth-order valence-corrected chi connectivity index (χ4v) is 2.87. The number of aromatic nitrogens is 4. The highest BCUT2D eigenvalue weighted by Crippen LogP contribution is 2.10. The van der Waals surface area contributed by atoms with Crippen LogP contribution in [-0.2, 0) is 24.9 Å². The molecule has 25 heavy (non-hydrogen) atoms. The Balaban J connectivity index is 2.04. The zero-order chi connectivity index (χ0) is 18.2. The van der Waals surface area contributed by atoms with Crippen molar-refractivity contribution in [3.05, 3.63) is 27.7 Å². The second-order valence-corrected chi connectivity index (χ2v) is 6.91. The highest BCUT2D eigenvalue weighted by Gasteiger charge is 2.10. The summed E-state index contributed by atoms with van der Waals surface area (Å²) in [5, 5.41) is 14.8. The van der Waals surface area contributed by atoms with Gasteiger partial charge >= 0.3 is 0 Å². The molecule has 0 amide bonds. The van der Waals surface area contributed by atoms with E-state index in [0.717, 1.165) is 47.9 Å². The molecule has 0 bridgehead atoms. The van der Waals surface area contributed by atoms with Gasteiger partial charge in [0.1, 0.15) is 12.4 Å². The SMILES string of the molecule is COCCCNC(=NCc1nnc(C)n1C)N(C)Cc1csc(C)n1. The number of methoxy groups -OCH3 is 1. The summed E-state index contributed by atoms with van der Waals surface area (Å²) in [7, 11) is 5.68. The summed E-state index contributed by atoms with van der Waals surface area (Å²) >= 11 is 1.66. The number of thiazole rings is 1. The van der Waals surface area contributed by atoms with E-state index < -0.39 is 0 Å². The summed E-state index contributed by atoms with van der Waals surface area (Å²) in [6.45, 7) is 6.65. The van der Waals surface area contributed by atoms with Crippen LogP contribution in [0.3, 0.4) is 0 Å². The molecule has 2 aromatic rings. The van der Waals surface area contributed by atoms with Crippen molar-refractivity contribution in [2.45, 2.75) is 33.4 Å². The van der Waals surface area contributed by atoms with Crippen molar-refractivity contribution >= 4 is 17.3 Å². The van der Waals surface area contributed by atoms with Gasteiger partial charge in [-0.2, -0.15) is 0 Å². The number of nitrogens with one attached hydrogen (secondary N) is 1. The van der Waals surface area contributed by atoms with Gasteiger partial charge in [-0.05, 0) is 20.3 Å². The van der Waals surface area contributed by atoms with Gasteiger partial charge in [-0.1, -0.05) is 0 Å². The predicted octanol–water partition coefficient (Wildman–Crippen LogP) is 1.50. The lowest BCUT2D eigenvalue weighted by Gasteiger charge is -2.21. The number of nitrogens with zero attached hydrogens (tertiary/aromatic N) is 6. The van der Waals surface area contributed by atoms with Crippen LogP contribution in [0.4, 0.5) is 0 Å². The maximum atomic E-state index is 5.11. The molecule has 0 aliphatic rings. The molecule has 0 spiro atoms. The lowest BCUT2D eigenvalue weighted by molar-refractivity contribution is 0.195. The summed E-state index contributed by atoms with van der Waals surface area (Å²) in [4.78, 5) is 11.3. The minimum atomic E-state index is 0.477. The van der Waals surface area contributed by atoms with Crippen molar-refractivity contribution in [2.24, 2.45) is 12.0 Å². The Kier molecular flexibility index (Phi) is 7.32. The van der Waals surface area contributed by atoms with Crippen molar-refractivity contribution in [3.63, 3.8) is 0 Å². The van der Waals surface area contributed by atoms with Gasteiger partial charge < -0.3 is 19.5 Å². The maximum Gasteiger partial charge on any atom is 0.194 e. The van der Waals surface area contributed by atoms with E-state index in [0.29, 0.717) is 13.1 Å². The van der Waals surface area contributed by atoms with Crippen LogP contribution in [0, 0.1) is 13.8 Å². The molecular formula is C16H27N7OS. The fourth-order valence-electron chi connectivity index (χ4n) is 2.26. The average molecular weight is 366 g/mol. The van der Waals surface area contributed by atoms with Crippen molar-refractivity contribution in [3.8, 4) is 0 Å². The van der Waals surface area contributed by atoms with Gasteiger partial charge in [0.05, 0.1) is 17.2 Å². The largest absolute Gasteiger partial charge is 0.385 e. The molecule has 138 valence electrons. The van der Waals surface area contributed by atoms with Gasteiger partial charge in [-0.25, -0.2) is 9.98 Å². The van der Waals surface area contributed by atoms with E-state index in [4.69, 9.17) is 9.73 Å². The third-order valence-electron chi connectivity index (χ3n) is 3.79. The van der Waals surface area contributed by atoms with Gasteiger partial charge in [-0.3, -0.25) is 0 Å². The number of aryl methyl sites for hydroxylation is 2. The quantitative estimate of drug-likeness (QED) is 0.434. The number of ether oxygens (including phenoxy) is 1. The Morgan fingerprint density at radius 1 is 1.40 bits per heavy atom. The average Bonchev–Trinajstić information content (AvgIpc) is 3.13. The highest BCUT2D eigenvalue weighted by atomic mass is 32.1. The van der Waals surface area contributed by atoms with Crippen molar-refractivity contribution in [1.29, 1.82) is 0 Å². The topological polar surface area (TPSA) is 80.5 Å². The van der Waals surface area contributed by atoms with Crippen LogP contribution in [0.25, 0.3) is 0 Å². The molecule has 0 aliphatic heterocycles. The maximum absolute atomic E-state index is 5.11. The molecule has 0 atom stereocenters. The molecular weight excluding hydrogens is 338 g/mol. The van der Waals surface area contributed by atoms with E-state index in [1.807, 2.05) is 32.5 Å². The first-order chi connectivity index (χ1) is 12.0. The van der Waals surface area contributed by atoms with Crippen molar-refractivity contribution < 1.29 is 4.74 Å². The smallest absolute Gasteiger partial charge is 0.194 e. The molecule has 0 saturated carbocycles. The monoisotopic (exact) mass is 365 g/mol. The summed E-state index contributed by atoms with van der Waals surface area (Å²) in [5.74, 6) is 2.54. The molecule has 0 unspecified atom stereocenters. The van der Waals surface area contributed by atoms with E-state index in [1.54, 1.807) is 18.4 Å². The lowest BCUT2D eigenvalue weighted by atomic mass is 10.4. The van der Waals surface area contributed by atoms with E-state index in [-0.39, 0.29) is 0 Å². The van der Waals surface area contributed by atoms with Crippen LogP contribution in [0.1, 0.15) is 28.8 Å². The van der Waals surface area contributed by atoms with Crippen LogP contribution < -0.4 is 5.32 Å². The van der Waals surface area contributed by atoms with Crippen molar-refractivity contribution in [1.82, 2.24) is 30.0 Å². The van der Waals surface area contributed by atoms with Gasteiger partial charge in [-0.15, -0.1) is 21.5 Å². The number of hydrogen-bond acceptors (Lipinski definition) is 6. The minimum absolute atomic E-state index is 0.477. The van der Waals surface area contributed by atoms with Gasteiger partial charge in [0.25, 0.3) is 0 Å². The molecule has 0 radical (unpaired) electrons. The van der Waals surface area contributed by atoms with Gasteiger partial charge in [0, 0.05) is 39.7 Å². The van der Waals surface area contributed by atoms with Gasteiger partial charge in [0.15, 0.2) is 11.8 Å². The Labute approximate surface area is 153 Å².